The van der Waals surface area contributed by atoms with Gasteiger partial charge in [0.2, 0.25) is 0 Å². The van der Waals surface area contributed by atoms with E-state index in [2.05, 4.69) is 0 Å². The van der Waals surface area contributed by atoms with Gasteiger partial charge in [-0.2, -0.15) is 0 Å². The second kappa shape index (κ2) is 5.67. The van der Waals surface area contributed by atoms with Crippen molar-refractivity contribution < 1.29 is 4.79 Å². The normalized spacial score (nSPS) is 14.3. The number of nitrogens with zero attached hydrogens (tertiary/aromatic N) is 1. The highest BCUT2D eigenvalue weighted by Crippen LogP contribution is 2.28. The molecular formula is C13H15ClN2OS. The molecule has 1 aromatic rings. The molecule has 96 valence electrons. The van der Waals surface area contributed by atoms with Crippen molar-refractivity contribution in [3.63, 3.8) is 0 Å². The number of nitrogens with two attached hydrogens (primary N) is 1. The van der Waals surface area contributed by atoms with Crippen LogP contribution in [0.15, 0.2) is 24.3 Å². The van der Waals surface area contributed by atoms with Gasteiger partial charge in [0.05, 0.1) is 4.99 Å². The van der Waals surface area contributed by atoms with E-state index in [0.717, 1.165) is 12.8 Å². The predicted octanol–water partition coefficient (Wildman–Crippen LogP) is 2.62. The first-order chi connectivity index (χ1) is 8.58. The van der Waals surface area contributed by atoms with Crippen molar-refractivity contribution in [2.45, 2.75) is 25.3 Å². The highest BCUT2D eigenvalue weighted by molar-refractivity contribution is 7.80. The van der Waals surface area contributed by atoms with Crippen LogP contribution in [0.4, 0.5) is 0 Å². The Balaban J connectivity index is 2.10. The minimum absolute atomic E-state index is 0.0104. The molecule has 1 saturated carbocycles. The van der Waals surface area contributed by atoms with Crippen molar-refractivity contribution in [3.8, 4) is 0 Å². The molecule has 1 aromatic carbocycles. The van der Waals surface area contributed by atoms with Gasteiger partial charge in [-0.15, -0.1) is 0 Å². The third-order valence-electron chi connectivity index (χ3n) is 2.92. The number of hydrogen-bond acceptors (Lipinski definition) is 2. The Morgan fingerprint density at radius 2 is 2.22 bits per heavy atom. The number of hydrogen-bond donors (Lipinski definition) is 1. The lowest BCUT2D eigenvalue weighted by Gasteiger charge is -2.22. The zero-order chi connectivity index (χ0) is 13.1. The summed E-state index contributed by atoms with van der Waals surface area (Å²) in [6.07, 6.45) is 2.69. The molecular weight excluding hydrogens is 268 g/mol. The number of benzene rings is 1. The molecule has 0 radical (unpaired) electrons. The first-order valence-electron chi connectivity index (χ1n) is 5.93. The van der Waals surface area contributed by atoms with Crippen LogP contribution in [0.5, 0.6) is 0 Å². The summed E-state index contributed by atoms with van der Waals surface area (Å²) >= 11 is 10.8. The summed E-state index contributed by atoms with van der Waals surface area (Å²) in [7, 11) is 0. The molecule has 18 heavy (non-hydrogen) atoms. The Hall–Kier alpha value is -1.13. The molecule has 1 aliphatic carbocycles. The van der Waals surface area contributed by atoms with Crippen molar-refractivity contribution >= 4 is 34.7 Å². The number of carbonyl (C=O) groups excluding carboxylic acids is 1. The van der Waals surface area contributed by atoms with E-state index in [-0.39, 0.29) is 5.91 Å². The van der Waals surface area contributed by atoms with Gasteiger partial charge in [0.1, 0.15) is 0 Å². The summed E-state index contributed by atoms with van der Waals surface area (Å²) in [5.74, 6) is 0.0104. The van der Waals surface area contributed by atoms with Gasteiger partial charge in [0.15, 0.2) is 0 Å². The van der Waals surface area contributed by atoms with E-state index in [1.165, 1.54) is 0 Å². The topological polar surface area (TPSA) is 46.3 Å². The lowest BCUT2D eigenvalue weighted by molar-refractivity contribution is 0.0748. The molecule has 5 heteroatoms. The number of thiocarbonyl (C=S) groups is 1. The molecule has 0 bridgehead atoms. The molecule has 0 aliphatic heterocycles. The second-order valence-corrected chi connectivity index (χ2v) is 5.42. The summed E-state index contributed by atoms with van der Waals surface area (Å²) < 4.78 is 0. The molecule has 0 aromatic heterocycles. The molecule has 1 amide bonds. The molecule has 0 heterocycles. The first-order valence-corrected chi connectivity index (χ1v) is 6.71. The largest absolute Gasteiger partial charge is 0.393 e. The van der Waals surface area contributed by atoms with Gasteiger partial charge in [-0.25, -0.2) is 0 Å². The van der Waals surface area contributed by atoms with E-state index in [4.69, 9.17) is 29.6 Å². The van der Waals surface area contributed by atoms with Crippen LogP contribution in [-0.4, -0.2) is 28.4 Å². The molecule has 0 unspecified atom stereocenters. The van der Waals surface area contributed by atoms with Gasteiger partial charge in [-0.1, -0.05) is 29.9 Å². The van der Waals surface area contributed by atoms with E-state index in [1.54, 1.807) is 24.3 Å². The van der Waals surface area contributed by atoms with Gasteiger partial charge in [0.25, 0.3) is 5.91 Å². The van der Waals surface area contributed by atoms with Crippen molar-refractivity contribution in [2.75, 3.05) is 6.54 Å². The van der Waals surface area contributed by atoms with Crippen molar-refractivity contribution in [3.05, 3.63) is 34.9 Å². The van der Waals surface area contributed by atoms with Crippen LogP contribution in [0.3, 0.4) is 0 Å². The molecule has 1 fully saturated rings. The first kappa shape index (κ1) is 13.3. The Bertz CT molecular complexity index is 474. The Morgan fingerprint density at radius 3 is 2.78 bits per heavy atom. The fraction of sp³-hybridized carbons (Fsp3) is 0.385. The van der Waals surface area contributed by atoms with E-state index in [9.17, 15) is 4.79 Å². The van der Waals surface area contributed by atoms with Gasteiger partial charge in [0, 0.05) is 29.6 Å². The van der Waals surface area contributed by atoms with Crippen molar-refractivity contribution in [1.29, 1.82) is 0 Å². The third-order valence-corrected chi connectivity index (χ3v) is 3.36. The van der Waals surface area contributed by atoms with Crippen LogP contribution < -0.4 is 5.73 Å². The van der Waals surface area contributed by atoms with E-state index >= 15 is 0 Å². The number of halogens is 1. The van der Waals surface area contributed by atoms with Crippen LogP contribution in [-0.2, 0) is 0 Å². The van der Waals surface area contributed by atoms with Crippen molar-refractivity contribution in [1.82, 2.24) is 4.90 Å². The summed E-state index contributed by atoms with van der Waals surface area (Å²) in [6, 6.07) is 7.36. The standard InChI is InChI=1S/C13H15ClN2OS/c14-10-3-1-2-9(8-10)13(17)16(11-4-5-11)7-6-12(15)18/h1-3,8,11H,4-7H2,(H2,15,18). The lowest BCUT2D eigenvalue weighted by atomic mass is 10.2. The molecule has 1 aliphatic rings. The molecule has 0 spiro atoms. The number of carbonyl (C=O) groups is 1. The van der Waals surface area contributed by atoms with Gasteiger partial charge >= 0.3 is 0 Å². The Kier molecular flexibility index (Phi) is 4.19. The summed E-state index contributed by atoms with van der Waals surface area (Å²) in [5, 5.41) is 0.575. The monoisotopic (exact) mass is 282 g/mol. The SMILES string of the molecule is NC(=S)CCN(C(=O)c1cccc(Cl)c1)C1CC1. The lowest BCUT2D eigenvalue weighted by Crippen LogP contribution is -2.35. The zero-order valence-corrected chi connectivity index (χ0v) is 11.5. The van der Waals surface area contributed by atoms with Gasteiger partial charge in [-0.3, -0.25) is 4.79 Å². The van der Waals surface area contributed by atoms with Crippen molar-refractivity contribution in [2.24, 2.45) is 5.73 Å². The maximum absolute atomic E-state index is 12.4. The van der Waals surface area contributed by atoms with E-state index < -0.39 is 0 Å². The van der Waals surface area contributed by atoms with Crippen LogP contribution in [0, 0.1) is 0 Å². The van der Waals surface area contributed by atoms with Crippen LogP contribution >= 0.6 is 23.8 Å². The minimum atomic E-state index is 0.0104. The second-order valence-electron chi connectivity index (χ2n) is 4.46. The smallest absolute Gasteiger partial charge is 0.254 e. The van der Waals surface area contributed by atoms with Gasteiger partial charge < -0.3 is 10.6 Å². The molecule has 0 saturated heterocycles. The molecule has 2 N–H and O–H groups in total. The van der Waals surface area contributed by atoms with E-state index in [1.807, 2.05) is 4.90 Å². The highest BCUT2D eigenvalue weighted by Gasteiger charge is 2.32. The van der Waals surface area contributed by atoms with E-state index in [0.29, 0.717) is 34.6 Å². The average Bonchev–Trinajstić information content (AvgIpc) is 3.13. The Labute approximate surface area is 117 Å². The quantitative estimate of drug-likeness (QED) is 0.845. The van der Waals surface area contributed by atoms with Crippen LogP contribution in [0.25, 0.3) is 0 Å². The molecule has 0 atom stereocenters. The summed E-state index contributed by atoms with van der Waals surface area (Å²) in [4.78, 5) is 14.7. The minimum Gasteiger partial charge on any atom is -0.393 e. The maximum Gasteiger partial charge on any atom is 0.254 e. The zero-order valence-electron chi connectivity index (χ0n) is 9.93. The van der Waals surface area contributed by atoms with Gasteiger partial charge in [-0.05, 0) is 31.0 Å². The molecule has 2 rings (SSSR count). The fourth-order valence-electron chi connectivity index (χ4n) is 1.85. The predicted molar refractivity (Wildman–Crippen MR) is 76.9 cm³/mol. The third kappa shape index (κ3) is 3.43. The fourth-order valence-corrected chi connectivity index (χ4v) is 2.14. The Morgan fingerprint density at radius 1 is 1.50 bits per heavy atom. The average molecular weight is 283 g/mol. The maximum atomic E-state index is 12.4. The highest BCUT2D eigenvalue weighted by atomic mass is 35.5. The molecule has 3 nitrogen and oxygen atoms in total. The summed E-state index contributed by atoms with van der Waals surface area (Å²) in [6.45, 7) is 0.589. The number of amides is 1. The number of rotatable bonds is 5. The van der Waals surface area contributed by atoms with Crippen LogP contribution in [0.1, 0.15) is 29.6 Å². The summed E-state index contributed by atoms with van der Waals surface area (Å²) in [5.41, 5.74) is 6.12. The van der Waals surface area contributed by atoms with Crippen LogP contribution in [0.2, 0.25) is 5.02 Å².